The molecule has 2 fully saturated rings. The number of pyridine rings is 1. The van der Waals surface area contributed by atoms with Gasteiger partial charge in [0, 0.05) is 48.1 Å². The van der Waals surface area contributed by atoms with Gasteiger partial charge in [-0.05, 0) is 79.9 Å². The van der Waals surface area contributed by atoms with Gasteiger partial charge in [-0.15, -0.1) is 0 Å². The number of benzene rings is 2. The minimum atomic E-state index is -0.898. The molecule has 1 amide bonds. The predicted molar refractivity (Wildman–Crippen MR) is 151 cm³/mol. The molecule has 5 rings (SSSR count). The molecule has 2 aliphatic rings. The third-order valence-electron chi connectivity index (χ3n) is 7.12. The first kappa shape index (κ1) is 26.0. The summed E-state index contributed by atoms with van der Waals surface area (Å²) < 4.78 is 0. The number of amides is 1. The van der Waals surface area contributed by atoms with E-state index in [-0.39, 0.29) is 17.9 Å². The highest BCUT2D eigenvalue weighted by molar-refractivity contribution is 6.30. The molecule has 38 heavy (non-hydrogen) atoms. The predicted octanol–water partition coefficient (Wildman–Crippen LogP) is 3.37. The summed E-state index contributed by atoms with van der Waals surface area (Å²) in [6, 6.07) is 18.5. The lowest BCUT2D eigenvalue weighted by molar-refractivity contribution is 0.0118. The zero-order valence-electron chi connectivity index (χ0n) is 21.0. The first-order chi connectivity index (χ1) is 18.4. The number of rotatable bonds is 6. The Morgan fingerprint density at radius 1 is 1.13 bits per heavy atom. The fourth-order valence-electron chi connectivity index (χ4n) is 4.93. The zero-order valence-corrected chi connectivity index (χ0v) is 21.8. The van der Waals surface area contributed by atoms with E-state index in [1.807, 2.05) is 24.3 Å². The van der Waals surface area contributed by atoms with Gasteiger partial charge in [-0.3, -0.25) is 4.79 Å². The second-order valence-corrected chi connectivity index (χ2v) is 10.2. The average Bonchev–Trinajstić information content (AvgIpc) is 3.43. The number of aromatic nitrogens is 1. The number of hydrogen-bond donors (Lipinski definition) is 5. The Morgan fingerprint density at radius 2 is 1.87 bits per heavy atom. The van der Waals surface area contributed by atoms with Crippen molar-refractivity contribution in [3.63, 3.8) is 0 Å². The fraction of sp³-hybridized carbons (Fsp3) is 0.321. The maximum atomic E-state index is 12.5. The van der Waals surface area contributed by atoms with Crippen LogP contribution in [0.2, 0.25) is 5.02 Å². The Morgan fingerprint density at radius 3 is 2.55 bits per heavy atom. The van der Waals surface area contributed by atoms with E-state index in [1.54, 1.807) is 42.6 Å². The van der Waals surface area contributed by atoms with Crippen LogP contribution in [0.15, 0.2) is 71.9 Å². The highest BCUT2D eigenvalue weighted by atomic mass is 35.5. The number of hydrogen-bond acceptors (Lipinski definition) is 6. The average molecular weight is 534 g/mol. The van der Waals surface area contributed by atoms with E-state index in [2.05, 4.69) is 30.8 Å². The van der Waals surface area contributed by atoms with Crippen molar-refractivity contribution in [2.45, 2.75) is 30.9 Å². The number of aliphatic imine (C=N–C) groups is 1. The van der Waals surface area contributed by atoms with Gasteiger partial charge < -0.3 is 31.7 Å². The SMILES string of the molecule is NC(=Nc1ncccc1N1CCC(O)(c2ccc(Cl)cc2)CC1)Nc1ccc(C(=O)NC2CCNC2)cc1. The van der Waals surface area contributed by atoms with Crippen molar-refractivity contribution >= 4 is 40.7 Å². The lowest BCUT2D eigenvalue weighted by atomic mass is 9.84. The van der Waals surface area contributed by atoms with Crippen molar-refractivity contribution in [2.75, 3.05) is 36.4 Å². The van der Waals surface area contributed by atoms with Gasteiger partial charge in [0.25, 0.3) is 5.91 Å². The number of anilines is 2. The molecule has 3 aromatic rings. The Kier molecular flexibility index (Phi) is 7.78. The molecule has 1 aromatic heterocycles. The second-order valence-electron chi connectivity index (χ2n) is 9.73. The number of nitrogens with one attached hydrogen (secondary N) is 3. The van der Waals surface area contributed by atoms with Gasteiger partial charge >= 0.3 is 0 Å². The molecule has 10 heteroatoms. The van der Waals surface area contributed by atoms with Crippen LogP contribution in [0.3, 0.4) is 0 Å². The molecule has 3 heterocycles. The van der Waals surface area contributed by atoms with E-state index in [0.29, 0.717) is 48.0 Å². The summed E-state index contributed by atoms with van der Waals surface area (Å²) in [4.78, 5) is 23.6. The van der Waals surface area contributed by atoms with E-state index in [9.17, 15) is 9.90 Å². The van der Waals surface area contributed by atoms with Gasteiger partial charge in [0.2, 0.25) is 0 Å². The molecule has 0 radical (unpaired) electrons. The quantitative estimate of drug-likeness (QED) is 0.243. The summed E-state index contributed by atoms with van der Waals surface area (Å²) in [5, 5.41) is 21.2. The van der Waals surface area contributed by atoms with E-state index in [4.69, 9.17) is 17.3 Å². The first-order valence-electron chi connectivity index (χ1n) is 12.8. The molecular formula is C28H32ClN7O2. The number of carbonyl (C=O) groups excluding carboxylic acids is 1. The molecule has 2 aromatic carbocycles. The van der Waals surface area contributed by atoms with Crippen LogP contribution >= 0.6 is 11.6 Å². The van der Waals surface area contributed by atoms with Crippen LogP contribution in [0.4, 0.5) is 17.2 Å². The Hall–Kier alpha value is -3.66. The number of halogens is 1. The monoisotopic (exact) mass is 533 g/mol. The Balaban J connectivity index is 1.22. The first-order valence-corrected chi connectivity index (χ1v) is 13.2. The van der Waals surface area contributed by atoms with Crippen LogP contribution in [0.1, 0.15) is 35.2 Å². The highest BCUT2D eigenvalue weighted by Gasteiger charge is 2.34. The fourth-order valence-corrected chi connectivity index (χ4v) is 5.06. The molecule has 0 spiro atoms. The number of aliphatic hydroxyl groups is 1. The normalized spacial score (nSPS) is 19.3. The molecule has 6 N–H and O–H groups in total. The maximum absolute atomic E-state index is 12.5. The molecule has 9 nitrogen and oxygen atoms in total. The Bertz CT molecular complexity index is 1280. The van der Waals surface area contributed by atoms with Crippen molar-refractivity contribution in [2.24, 2.45) is 10.7 Å². The third kappa shape index (κ3) is 6.07. The maximum Gasteiger partial charge on any atom is 0.251 e. The molecule has 1 atom stereocenters. The van der Waals surface area contributed by atoms with Gasteiger partial charge in [0.1, 0.15) is 0 Å². The highest BCUT2D eigenvalue weighted by Crippen LogP contribution is 2.37. The summed E-state index contributed by atoms with van der Waals surface area (Å²) in [6.07, 6.45) is 3.75. The largest absolute Gasteiger partial charge is 0.385 e. The molecule has 2 aliphatic heterocycles. The minimum Gasteiger partial charge on any atom is -0.385 e. The second kappa shape index (κ2) is 11.4. The smallest absolute Gasteiger partial charge is 0.251 e. The number of nitrogens with zero attached hydrogens (tertiary/aromatic N) is 3. The van der Waals surface area contributed by atoms with E-state index in [1.165, 1.54) is 0 Å². The molecular weight excluding hydrogens is 502 g/mol. The Labute approximate surface area is 227 Å². The molecule has 1 unspecified atom stereocenters. The van der Waals surface area contributed by atoms with Gasteiger partial charge in [-0.1, -0.05) is 23.7 Å². The molecule has 198 valence electrons. The summed E-state index contributed by atoms with van der Waals surface area (Å²) in [5.74, 6) is 0.596. The van der Waals surface area contributed by atoms with Crippen LogP contribution in [0.25, 0.3) is 0 Å². The van der Waals surface area contributed by atoms with Crippen LogP contribution in [0, 0.1) is 0 Å². The lowest BCUT2D eigenvalue weighted by Crippen LogP contribution is -2.42. The van der Waals surface area contributed by atoms with Gasteiger partial charge in [0.15, 0.2) is 11.8 Å². The summed E-state index contributed by atoms with van der Waals surface area (Å²) in [6.45, 7) is 3.00. The molecule has 2 saturated heterocycles. The van der Waals surface area contributed by atoms with Crippen molar-refractivity contribution in [3.8, 4) is 0 Å². The van der Waals surface area contributed by atoms with Crippen molar-refractivity contribution in [1.29, 1.82) is 0 Å². The van der Waals surface area contributed by atoms with Crippen molar-refractivity contribution in [3.05, 3.63) is 83.0 Å². The van der Waals surface area contributed by atoms with E-state index in [0.717, 1.165) is 30.8 Å². The lowest BCUT2D eigenvalue weighted by Gasteiger charge is -2.39. The van der Waals surface area contributed by atoms with E-state index < -0.39 is 5.60 Å². The molecule has 0 saturated carbocycles. The zero-order chi connectivity index (χ0) is 26.5. The van der Waals surface area contributed by atoms with Crippen LogP contribution in [-0.4, -0.2) is 54.2 Å². The number of piperidine rings is 1. The standard InChI is InChI=1S/C28H32ClN7O2/c29-21-7-5-20(6-8-21)28(38)12-16-36(17-13-28)24-2-1-14-32-25(24)35-27(30)34-22-9-3-19(4-10-22)26(37)33-23-11-15-31-18-23/h1-10,14,23,31,38H,11-13,15-18H2,(H,33,37)(H3,30,32,34,35). The van der Waals surface area contributed by atoms with Crippen LogP contribution < -0.4 is 26.6 Å². The van der Waals surface area contributed by atoms with Gasteiger partial charge in [-0.25, -0.2) is 4.98 Å². The van der Waals surface area contributed by atoms with Gasteiger partial charge in [0.05, 0.1) is 11.3 Å². The number of guanidine groups is 1. The van der Waals surface area contributed by atoms with Gasteiger partial charge in [-0.2, -0.15) is 4.99 Å². The number of nitrogens with two attached hydrogens (primary N) is 1. The topological polar surface area (TPSA) is 128 Å². The van der Waals surface area contributed by atoms with Crippen molar-refractivity contribution < 1.29 is 9.90 Å². The van der Waals surface area contributed by atoms with Crippen molar-refractivity contribution in [1.82, 2.24) is 15.6 Å². The molecule has 0 aliphatic carbocycles. The summed E-state index contributed by atoms with van der Waals surface area (Å²) in [5.41, 5.74) is 8.35. The summed E-state index contributed by atoms with van der Waals surface area (Å²) >= 11 is 6.01. The molecule has 0 bridgehead atoms. The third-order valence-corrected chi connectivity index (χ3v) is 7.37. The van der Waals surface area contributed by atoms with E-state index >= 15 is 0 Å². The van der Waals surface area contributed by atoms with Crippen LogP contribution in [0.5, 0.6) is 0 Å². The van der Waals surface area contributed by atoms with Crippen LogP contribution in [-0.2, 0) is 5.60 Å². The minimum absolute atomic E-state index is 0.0884. The number of carbonyl (C=O) groups is 1. The summed E-state index contributed by atoms with van der Waals surface area (Å²) in [7, 11) is 0.